The summed E-state index contributed by atoms with van der Waals surface area (Å²) in [4.78, 5) is 38.1. The summed E-state index contributed by atoms with van der Waals surface area (Å²) in [5.74, 6) is -0.197. The number of carbonyl (C=O) groups excluding carboxylic acids is 3. The Bertz CT molecular complexity index is 487. The lowest BCUT2D eigenvalue weighted by Gasteiger charge is -2.43. The van der Waals surface area contributed by atoms with E-state index in [0.717, 1.165) is 32.4 Å². The van der Waals surface area contributed by atoms with Gasteiger partial charge in [-0.1, -0.05) is 6.92 Å². The Morgan fingerprint density at radius 3 is 2.52 bits per heavy atom. The fraction of sp³-hybridized carbons (Fsp3) is 0.786. The minimum absolute atomic E-state index is 0.108. The van der Waals surface area contributed by atoms with E-state index in [1.807, 2.05) is 6.92 Å². The minimum Gasteiger partial charge on any atom is -0.339 e. The highest BCUT2D eigenvalue weighted by molar-refractivity contribution is 6.07. The standard InChI is InChI=1S/C14H22N4O3/c1-13(4-6-15-7-5-13)11(20)18-8-2-3-14(9-18)10(19)16-12(21)17-14/h15H,2-9H2,1H3,(H2,16,17,19,21). The second-order valence-corrected chi connectivity index (χ2v) is 6.63. The first kappa shape index (κ1) is 14.3. The zero-order valence-corrected chi connectivity index (χ0v) is 12.3. The third kappa shape index (κ3) is 2.39. The number of hydrogen-bond donors (Lipinski definition) is 3. The summed E-state index contributed by atoms with van der Waals surface area (Å²) in [6.07, 6.45) is 2.95. The van der Waals surface area contributed by atoms with E-state index >= 15 is 0 Å². The minimum atomic E-state index is -0.922. The van der Waals surface area contributed by atoms with Crippen molar-refractivity contribution in [1.82, 2.24) is 20.9 Å². The fourth-order valence-corrected chi connectivity index (χ4v) is 3.62. The number of nitrogens with one attached hydrogen (secondary N) is 3. The number of likely N-dealkylation sites (tertiary alicyclic amines) is 1. The highest BCUT2D eigenvalue weighted by Crippen LogP contribution is 2.33. The molecule has 0 radical (unpaired) electrons. The molecule has 3 N–H and O–H groups in total. The molecule has 0 saturated carbocycles. The van der Waals surface area contributed by atoms with Crippen molar-refractivity contribution in [2.45, 2.75) is 38.1 Å². The molecule has 21 heavy (non-hydrogen) atoms. The Hall–Kier alpha value is -1.63. The van der Waals surface area contributed by atoms with Gasteiger partial charge in [-0.3, -0.25) is 14.9 Å². The lowest BCUT2D eigenvalue weighted by molar-refractivity contribution is -0.146. The maximum absolute atomic E-state index is 12.9. The highest BCUT2D eigenvalue weighted by Gasteiger charge is 2.51. The molecular weight excluding hydrogens is 272 g/mol. The normalized spacial score (nSPS) is 32.0. The third-order valence-corrected chi connectivity index (χ3v) is 5.02. The van der Waals surface area contributed by atoms with E-state index < -0.39 is 11.6 Å². The number of piperidine rings is 2. The zero-order chi connectivity index (χ0) is 15.1. The van der Waals surface area contributed by atoms with Crippen LogP contribution in [0.2, 0.25) is 0 Å². The second-order valence-electron chi connectivity index (χ2n) is 6.63. The molecule has 3 aliphatic rings. The number of hydrogen-bond acceptors (Lipinski definition) is 4. The Morgan fingerprint density at radius 1 is 1.19 bits per heavy atom. The summed E-state index contributed by atoms with van der Waals surface area (Å²) in [5, 5.41) is 8.27. The first-order valence-electron chi connectivity index (χ1n) is 7.59. The number of imide groups is 1. The Kier molecular flexibility index (Phi) is 3.39. The average molecular weight is 294 g/mol. The zero-order valence-electron chi connectivity index (χ0n) is 12.3. The van der Waals surface area contributed by atoms with Crippen LogP contribution in [0, 0.1) is 5.41 Å². The van der Waals surface area contributed by atoms with E-state index in [1.165, 1.54) is 0 Å². The molecule has 3 aliphatic heterocycles. The summed E-state index contributed by atoms with van der Waals surface area (Å²) in [6.45, 7) is 4.64. The van der Waals surface area contributed by atoms with Crippen LogP contribution in [-0.4, -0.2) is 54.5 Å². The van der Waals surface area contributed by atoms with Crippen molar-refractivity contribution in [3.63, 3.8) is 0 Å². The SMILES string of the molecule is CC1(C(=O)N2CCCC3(C2)NC(=O)NC3=O)CCNCC1. The monoisotopic (exact) mass is 294 g/mol. The summed E-state index contributed by atoms with van der Waals surface area (Å²) in [6, 6.07) is -0.456. The molecule has 4 amide bonds. The van der Waals surface area contributed by atoms with Gasteiger partial charge in [0, 0.05) is 12.0 Å². The predicted octanol–water partition coefficient (Wildman–Crippen LogP) is -0.423. The molecule has 1 unspecified atom stereocenters. The summed E-state index contributed by atoms with van der Waals surface area (Å²) >= 11 is 0. The van der Waals surface area contributed by atoms with Gasteiger partial charge in [-0.05, 0) is 38.8 Å². The number of rotatable bonds is 1. The predicted molar refractivity (Wildman–Crippen MR) is 75.4 cm³/mol. The van der Waals surface area contributed by atoms with Crippen molar-refractivity contribution in [3.8, 4) is 0 Å². The molecule has 1 atom stereocenters. The van der Waals surface area contributed by atoms with Crippen LogP contribution in [0.1, 0.15) is 32.6 Å². The van der Waals surface area contributed by atoms with Crippen LogP contribution in [0.3, 0.4) is 0 Å². The van der Waals surface area contributed by atoms with Crippen LogP contribution < -0.4 is 16.0 Å². The molecule has 0 aromatic rings. The van der Waals surface area contributed by atoms with Crippen molar-refractivity contribution in [2.24, 2.45) is 5.41 Å². The lowest BCUT2D eigenvalue weighted by Crippen LogP contribution is -2.61. The molecule has 0 aromatic carbocycles. The van der Waals surface area contributed by atoms with Gasteiger partial charge in [0.05, 0.1) is 6.54 Å². The van der Waals surface area contributed by atoms with Crippen LogP contribution >= 0.6 is 0 Å². The average Bonchev–Trinajstić information content (AvgIpc) is 2.72. The van der Waals surface area contributed by atoms with Crippen LogP contribution in [0.5, 0.6) is 0 Å². The molecule has 3 fully saturated rings. The van der Waals surface area contributed by atoms with Gasteiger partial charge in [0.2, 0.25) is 5.91 Å². The van der Waals surface area contributed by atoms with Gasteiger partial charge in [0.15, 0.2) is 0 Å². The van der Waals surface area contributed by atoms with Crippen LogP contribution in [0.15, 0.2) is 0 Å². The first-order chi connectivity index (χ1) is 9.95. The molecule has 3 rings (SSSR count). The van der Waals surface area contributed by atoms with Gasteiger partial charge in [-0.25, -0.2) is 4.79 Å². The van der Waals surface area contributed by atoms with Gasteiger partial charge >= 0.3 is 6.03 Å². The molecule has 1 spiro atoms. The molecule has 3 saturated heterocycles. The van der Waals surface area contributed by atoms with E-state index in [9.17, 15) is 14.4 Å². The first-order valence-corrected chi connectivity index (χ1v) is 7.59. The van der Waals surface area contributed by atoms with E-state index in [2.05, 4.69) is 16.0 Å². The van der Waals surface area contributed by atoms with E-state index in [0.29, 0.717) is 13.0 Å². The molecule has 7 heteroatoms. The topological polar surface area (TPSA) is 90.5 Å². The highest BCUT2D eigenvalue weighted by atomic mass is 16.2. The van der Waals surface area contributed by atoms with Gasteiger partial charge in [0.1, 0.15) is 5.54 Å². The van der Waals surface area contributed by atoms with Gasteiger partial charge in [0.25, 0.3) is 5.91 Å². The summed E-state index contributed by atoms with van der Waals surface area (Å²) in [7, 11) is 0. The fourth-order valence-electron chi connectivity index (χ4n) is 3.62. The molecule has 3 heterocycles. The van der Waals surface area contributed by atoms with E-state index in [-0.39, 0.29) is 23.8 Å². The van der Waals surface area contributed by atoms with Crippen molar-refractivity contribution >= 4 is 17.8 Å². The third-order valence-electron chi connectivity index (χ3n) is 5.02. The van der Waals surface area contributed by atoms with Gasteiger partial charge in [-0.2, -0.15) is 0 Å². The van der Waals surface area contributed by atoms with E-state index in [4.69, 9.17) is 0 Å². The molecule has 0 aliphatic carbocycles. The Balaban J connectivity index is 1.75. The molecule has 0 bridgehead atoms. The van der Waals surface area contributed by atoms with Crippen LogP contribution in [0.25, 0.3) is 0 Å². The van der Waals surface area contributed by atoms with Crippen LogP contribution in [-0.2, 0) is 9.59 Å². The van der Waals surface area contributed by atoms with Crippen molar-refractivity contribution in [3.05, 3.63) is 0 Å². The van der Waals surface area contributed by atoms with Crippen molar-refractivity contribution < 1.29 is 14.4 Å². The number of amides is 4. The maximum atomic E-state index is 12.9. The quantitative estimate of drug-likeness (QED) is 0.573. The molecular formula is C14H22N4O3. The molecule has 7 nitrogen and oxygen atoms in total. The Labute approximate surface area is 123 Å². The van der Waals surface area contributed by atoms with Gasteiger partial charge < -0.3 is 15.5 Å². The maximum Gasteiger partial charge on any atom is 0.322 e. The number of carbonyl (C=O) groups is 3. The lowest BCUT2D eigenvalue weighted by atomic mass is 9.78. The Morgan fingerprint density at radius 2 is 1.90 bits per heavy atom. The summed E-state index contributed by atoms with van der Waals surface area (Å²) < 4.78 is 0. The van der Waals surface area contributed by atoms with Crippen LogP contribution in [0.4, 0.5) is 4.79 Å². The number of urea groups is 1. The smallest absolute Gasteiger partial charge is 0.322 e. The van der Waals surface area contributed by atoms with Gasteiger partial charge in [-0.15, -0.1) is 0 Å². The van der Waals surface area contributed by atoms with E-state index in [1.54, 1.807) is 4.90 Å². The largest absolute Gasteiger partial charge is 0.339 e. The molecule has 0 aromatic heterocycles. The summed E-state index contributed by atoms with van der Waals surface area (Å²) in [5.41, 5.74) is -1.28. The second kappa shape index (κ2) is 4.98. The van der Waals surface area contributed by atoms with Crippen molar-refractivity contribution in [2.75, 3.05) is 26.2 Å². The van der Waals surface area contributed by atoms with Crippen molar-refractivity contribution in [1.29, 1.82) is 0 Å². The molecule has 116 valence electrons. The number of nitrogens with zero attached hydrogens (tertiary/aromatic N) is 1.